The Morgan fingerprint density at radius 2 is 1.80 bits per heavy atom. The van der Waals surface area contributed by atoms with Crippen molar-refractivity contribution >= 4 is 36.5 Å². The maximum atomic E-state index is 10.9. The third-order valence-electron chi connectivity index (χ3n) is 2.43. The van der Waals surface area contributed by atoms with Gasteiger partial charge in [-0.1, -0.05) is 30.3 Å². The number of fused-ring (bicyclic) bond motifs is 1. The molecule has 0 aliphatic heterocycles. The van der Waals surface area contributed by atoms with Gasteiger partial charge in [-0.05, 0) is 29.3 Å². The molecule has 0 spiro atoms. The molecule has 3 heteroatoms. The van der Waals surface area contributed by atoms with Crippen LogP contribution in [0.15, 0.2) is 36.4 Å². The van der Waals surface area contributed by atoms with Crippen LogP contribution in [0.25, 0.3) is 10.8 Å². The Hall–Kier alpha value is -1.19. The molecule has 1 N–H and O–H groups in total. The first kappa shape index (κ1) is 11.9. The van der Waals surface area contributed by atoms with Crippen molar-refractivity contribution in [1.82, 2.24) is 0 Å². The monoisotopic (exact) mass is 258 g/mol. The Labute approximate surface area is 101 Å². The molecular formula is C12H13GaO2. The van der Waals surface area contributed by atoms with Crippen LogP contribution in [-0.4, -0.2) is 30.9 Å². The van der Waals surface area contributed by atoms with Gasteiger partial charge in [0, 0.05) is 0 Å². The van der Waals surface area contributed by atoms with Gasteiger partial charge in [0.15, 0.2) is 0 Å². The molecule has 0 heterocycles. The minimum absolute atomic E-state index is 0. The Morgan fingerprint density at radius 1 is 1.13 bits per heavy atom. The third kappa shape index (κ3) is 2.08. The molecule has 2 aromatic rings. The van der Waals surface area contributed by atoms with Crippen LogP contribution in [0.4, 0.5) is 0 Å². The topological polar surface area (TPSA) is 37.3 Å². The van der Waals surface area contributed by atoms with Gasteiger partial charge in [-0.25, -0.2) is 4.79 Å². The second kappa shape index (κ2) is 4.55. The summed E-state index contributed by atoms with van der Waals surface area (Å²) in [6.07, 6.45) is 0. The van der Waals surface area contributed by atoms with Gasteiger partial charge in [0.1, 0.15) is 0 Å². The molecule has 2 aromatic carbocycles. The van der Waals surface area contributed by atoms with Crippen LogP contribution >= 0.6 is 0 Å². The number of aryl methyl sites for hydroxylation is 1. The van der Waals surface area contributed by atoms with Crippen molar-refractivity contribution in [2.75, 3.05) is 0 Å². The molecule has 0 radical (unpaired) electrons. The zero-order chi connectivity index (χ0) is 10.1. The SMILES string of the molecule is Cc1c(C(=O)O)ccc2ccccc12.[GaH3]. The molecule has 0 saturated carbocycles. The van der Waals surface area contributed by atoms with Crippen molar-refractivity contribution in [2.24, 2.45) is 0 Å². The maximum absolute atomic E-state index is 10.9. The van der Waals surface area contributed by atoms with E-state index in [-0.39, 0.29) is 19.8 Å². The molecule has 0 amide bonds. The van der Waals surface area contributed by atoms with Crippen LogP contribution in [-0.2, 0) is 0 Å². The number of benzene rings is 2. The number of aromatic carboxylic acids is 1. The molecule has 2 rings (SSSR count). The van der Waals surface area contributed by atoms with Crippen molar-refractivity contribution < 1.29 is 9.90 Å². The van der Waals surface area contributed by atoms with Gasteiger partial charge in [-0.15, -0.1) is 0 Å². The summed E-state index contributed by atoms with van der Waals surface area (Å²) < 4.78 is 0. The van der Waals surface area contributed by atoms with Crippen molar-refractivity contribution in [3.05, 3.63) is 47.5 Å². The van der Waals surface area contributed by atoms with Crippen LogP contribution in [0.2, 0.25) is 0 Å². The number of carboxylic acid groups (broad SMARTS) is 1. The standard InChI is InChI=1S/C12H10O2.Ga.3H/c1-8-10-5-3-2-4-9(10)6-7-11(8)12(13)14;;;;/h2-7H,1H3,(H,13,14);;;;. The van der Waals surface area contributed by atoms with Gasteiger partial charge in [0.2, 0.25) is 0 Å². The first-order valence-corrected chi connectivity index (χ1v) is 4.42. The van der Waals surface area contributed by atoms with E-state index in [2.05, 4.69) is 0 Å². The number of hydrogen-bond donors (Lipinski definition) is 1. The molecule has 0 atom stereocenters. The molecular weight excluding hydrogens is 246 g/mol. The summed E-state index contributed by atoms with van der Waals surface area (Å²) in [5.74, 6) is -0.867. The average Bonchev–Trinajstić information content (AvgIpc) is 2.18. The molecule has 0 bridgehead atoms. The van der Waals surface area contributed by atoms with Crippen LogP contribution in [0.3, 0.4) is 0 Å². The summed E-state index contributed by atoms with van der Waals surface area (Å²) in [6, 6.07) is 11.3. The summed E-state index contributed by atoms with van der Waals surface area (Å²) in [6.45, 7) is 1.84. The fourth-order valence-corrected chi connectivity index (χ4v) is 1.66. The fourth-order valence-electron chi connectivity index (χ4n) is 1.66. The molecule has 15 heavy (non-hydrogen) atoms. The predicted molar refractivity (Wildman–Crippen MR) is 65.6 cm³/mol. The molecule has 0 saturated heterocycles. The van der Waals surface area contributed by atoms with E-state index in [9.17, 15) is 4.79 Å². The summed E-state index contributed by atoms with van der Waals surface area (Å²) in [7, 11) is 0. The van der Waals surface area contributed by atoms with Crippen LogP contribution in [0.5, 0.6) is 0 Å². The van der Waals surface area contributed by atoms with Gasteiger partial charge in [-0.3, -0.25) is 0 Å². The number of carboxylic acids is 1. The van der Waals surface area contributed by atoms with E-state index in [1.807, 2.05) is 37.3 Å². The molecule has 0 aliphatic rings. The summed E-state index contributed by atoms with van der Waals surface area (Å²) in [5.41, 5.74) is 1.21. The second-order valence-corrected chi connectivity index (χ2v) is 3.26. The Morgan fingerprint density at radius 3 is 2.47 bits per heavy atom. The molecule has 0 fully saturated rings. The zero-order valence-electron chi connectivity index (χ0n) is 7.82. The predicted octanol–water partition coefficient (Wildman–Crippen LogP) is 1.66. The van der Waals surface area contributed by atoms with Crippen molar-refractivity contribution in [1.29, 1.82) is 0 Å². The van der Waals surface area contributed by atoms with Crippen molar-refractivity contribution in [3.8, 4) is 0 Å². The molecule has 0 aliphatic carbocycles. The van der Waals surface area contributed by atoms with Crippen molar-refractivity contribution in [2.45, 2.75) is 6.92 Å². The second-order valence-electron chi connectivity index (χ2n) is 3.26. The van der Waals surface area contributed by atoms with Crippen LogP contribution in [0, 0.1) is 6.92 Å². The van der Waals surface area contributed by atoms with E-state index in [1.165, 1.54) is 0 Å². The van der Waals surface area contributed by atoms with Crippen LogP contribution < -0.4 is 0 Å². The normalized spacial score (nSPS) is 9.67. The molecule has 0 aromatic heterocycles. The Balaban J connectivity index is 0.00000112. The van der Waals surface area contributed by atoms with E-state index in [1.54, 1.807) is 6.07 Å². The van der Waals surface area contributed by atoms with Gasteiger partial charge < -0.3 is 5.11 Å². The van der Waals surface area contributed by atoms with Gasteiger partial charge in [0.05, 0.1) is 5.56 Å². The Bertz CT molecular complexity index is 506. The number of hydrogen-bond acceptors (Lipinski definition) is 1. The summed E-state index contributed by atoms with van der Waals surface area (Å²) in [4.78, 5) is 10.9. The summed E-state index contributed by atoms with van der Waals surface area (Å²) >= 11 is 0. The van der Waals surface area contributed by atoms with Gasteiger partial charge >= 0.3 is 25.8 Å². The van der Waals surface area contributed by atoms with E-state index in [0.717, 1.165) is 16.3 Å². The van der Waals surface area contributed by atoms with E-state index in [0.29, 0.717) is 5.56 Å². The van der Waals surface area contributed by atoms with Gasteiger partial charge in [-0.2, -0.15) is 0 Å². The molecule has 76 valence electrons. The quantitative estimate of drug-likeness (QED) is 0.791. The first-order valence-electron chi connectivity index (χ1n) is 4.42. The zero-order valence-corrected chi connectivity index (χ0v) is 7.82. The third-order valence-corrected chi connectivity index (χ3v) is 2.43. The Kier molecular flexibility index (Phi) is 3.60. The van der Waals surface area contributed by atoms with Crippen molar-refractivity contribution in [3.63, 3.8) is 0 Å². The first-order chi connectivity index (χ1) is 6.70. The van der Waals surface area contributed by atoms with Crippen LogP contribution in [0.1, 0.15) is 15.9 Å². The number of carbonyl (C=O) groups is 1. The minimum atomic E-state index is -0.867. The van der Waals surface area contributed by atoms with E-state index >= 15 is 0 Å². The number of rotatable bonds is 1. The van der Waals surface area contributed by atoms with E-state index in [4.69, 9.17) is 5.11 Å². The fraction of sp³-hybridized carbons (Fsp3) is 0.0833. The summed E-state index contributed by atoms with van der Waals surface area (Å²) in [5, 5.41) is 11.0. The average molecular weight is 259 g/mol. The van der Waals surface area contributed by atoms with Gasteiger partial charge in [0.25, 0.3) is 0 Å². The molecule has 0 unspecified atom stereocenters. The van der Waals surface area contributed by atoms with E-state index < -0.39 is 5.97 Å². The molecule has 2 nitrogen and oxygen atoms in total.